The molecule has 4 nitrogen and oxygen atoms in total. The Hall–Kier alpha value is -1.84. The van der Waals surface area contributed by atoms with E-state index in [2.05, 4.69) is 11.4 Å². The fraction of sp³-hybridized carbons (Fsp3) is 0.200. The van der Waals surface area contributed by atoms with Crippen molar-refractivity contribution in [2.24, 2.45) is 0 Å². The van der Waals surface area contributed by atoms with Gasteiger partial charge in [-0.05, 0) is 11.6 Å². The zero-order valence-corrected chi connectivity index (χ0v) is 7.49. The van der Waals surface area contributed by atoms with E-state index in [9.17, 15) is 9.59 Å². The first-order valence-corrected chi connectivity index (χ1v) is 4.30. The van der Waals surface area contributed by atoms with Crippen LogP contribution in [0.15, 0.2) is 24.3 Å². The van der Waals surface area contributed by atoms with Crippen LogP contribution in [0.2, 0.25) is 0 Å². The minimum absolute atomic E-state index is 0.109. The van der Waals surface area contributed by atoms with Crippen LogP contribution in [0.5, 0.6) is 0 Å². The van der Waals surface area contributed by atoms with Crippen LogP contribution in [0.3, 0.4) is 0 Å². The van der Waals surface area contributed by atoms with Crippen LogP contribution in [0, 0.1) is 6.07 Å². The highest BCUT2D eigenvalue weighted by atomic mass is 16.2. The number of nitrogens with zero attached hydrogens (tertiary/aromatic N) is 1. The molecule has 1 radical (unpaired) electrons. The predicted octanol–water partition coefficient (Wildman–Crippen LogP) is 0.539. The van der Waals surface area contributed by atoms with E-state index < -0.39 is 0 Å². The first-order valence-electron chi connectivity index (χ1n) is 4.30. The molecule has 14 heavy (non-hydrogen) atoms. The third kappa shape index (κ3) is 1.59. The van der Waals surface area contributed by atoms with Crippen molar-refractivity contribution in [1.29, 1.82) is 0 Å². The summed E-state index contributed by atoms with van der Waals surface area (Å²) in [5.41, 5.74) is 0.925. The third-order valence-electron chi connectivity index (χ3n) is 2.07. The van der Waals surface area contributed by atoms with Crippen LogP contribution in [-0.2, 0) is 11.3 Å². The van der Waals surface area contributed by atoms with Crippen molar-refractivity contribution in [2.45, 2.75) is 6.54 Å². The highest BCUT2D eigenvalue weighted by molar-refractivity contribution is 6.01. The molecule has 1 saturated heterocycles. The minimum atomic E-state index is -0.317. The summed E-state index contributed by atoms with van der Waals surface area (Å²) in [4.78, 5) is 23.6. The molecule has 1 N–H and O–H groups in total. The van der Waals surface area contributed by atoms with Crippen LogP contribution in [0.25, 0.3) is 0 Å². The lowest BCUT2D eigenvalue weighted by atomic mass is 10.2. The number of benzene rings is 1. The molecule has 4 heteroatoms. The first-order chi connectivity index (χ1) is 6.77. The second kappa shape index (κ2) is 3.49. The molecule has 71 valence electrons. The number of amides is 3. The number of rotatable bonds is 2. The van der Waals surface area contributed by atoms with Gasteiger partial charge < -0.3 is 5.32 Å². The Morgan fingerprint density at radius 3 is 2.64 bits per heavy atom. The molecule has 3 amide bonds. The van der Waals surface area contributed by atoms with E-state index in [4.69, 9.17) is 0 Å². The Morgan fingerprint density at radius 1 is 1.36 bits per heavy atom. The fourth-order valence-corrected chi connectivity index (χ4v) is 1.32. The standard InChI is InChI=1S/C10H9N2O2/c13-9-6-11-10(14)12(9)7-8-4-2-1-3-5-8/h2-5H,6-7H2,(H,11,14). The van der Waals surface area contributed by atoms with Crippen molar-refractivity contribution in [3.63, 3.8) is 0 Å². The Labute approximate surface area is 81.5 Å². The number of urea groups is 1. The van der Waals surface area contributed by atoms with Gasteiger partial charge in [0.05, 0.1) is 13.1 Å². The number of carbonyl (C=O) groups is 2. The molecule has 1 aromatic carbocycles. The summed E-state index contributed by atoms with van der Waals surface area (Å²) in [5.74, 6) is -0.178. The van der Waals surface area contributed by atoms with Gasteiger partial charge in [0.2, 0.25) is 5.91 Å². The average Bonchev–Trinajstić information content (AvgIpc) is 2.51. The average molecular weight is 189 g/mol. The van der Waals surface area contributed by atoms with Crippen molar-refractivity contribution >= 4 is 11.9 Å². The molecule has 0 unspecified atom stereocenters. The summed E-state index contributed by atoms with van der Waals surface area (Å²) in [6.07, 6.45) is 0. The molecule has 0 aliphatic carbocycles. The van der Waals surface area contributed by atoms with E-state index in [1.165, 1.54) is 4.90 Å². The number of hydrogen-bond acceptors (Lipinski definition) is 2. The van der Waals surface area contributed by atoms with Gasteiger partial charge in [0.15, 0.2) is 0 Å². The van der Waals surface area contributed by atoms with Crippen molar-refractivity contribution in [1.82, 2.24) is 10.2 Å². The maximum absolute atomic E-state index is 11.2. The lowest BCUT2D eigenvalue weighted by Crippen LogP contribution is -2.30. The second-order valence-electron chi connectivity index (χ2n) is 3.05. The van der Waals surface area contributed by atoms with Gasteiger partial charge in [0, 0.05) is 0 Å². The smallest absolute Gasteiger partial charge is 0.324 e. The van der Waals surface area contributed by atoms with Crippen LogP contribution in [0.1, 0.15) is 5.56 Å². The van der Waals surface area contributed by atoms with Gasteiger partial charge in [-0.1, -0.05) is 24.3 Å². The van der Waals surface area contributed by atoms with Gasteiger partial charge in [-0.3, -0.25) is 9.69 Å². The molecule has 1 aliphatic heterocycles. The van der Waals surface area contributed by atoms with Crippen LogP contribution >= 0.6 is 0 Å². The second-order valence-corrected chi connectivity index (χ2v) is 3.05. The third-order valence-corrected chi connectivity index (χ3v) is 2.07. The van der Waals surface area contributed by atoms with Gasteiger partial charge in [-0.25, -0.2) is 4.79 Å². The highest BCUT2D eigenvalue weighted by Crippen LogP contribution is 2.07. The first kappa shape index (κ1) is 8.74. The number of nitrogens with one attached hydrogen (secondary N) is 1. The maximum Gasteiger partial charge on any atom is 0.324 e. The minimum Gasteiger partial charge on any atom is -0.329 e. The number of hydrogen-bond donors (Lipinski definition) is 1. The van der Waals surface area contributed by atoms with Crippen LogP contribution in [-0.4, -0.2) is 23.4 Å². The molecule has 0 aromatic heterocycles. The zero-order chi connectivity index (χ0) is 9.97. The monoisotopic (exact) mass is 189 g/mol. The van der Waals surface area contributed by atoms with Crippen molar-refractivity contribution < 1.29 is 9.59 Å². The Balaban J connectivity index is 2.11. The Kier molecular flexibility index (Phi) is 2.18. The SMILES string of the molecule is O=C1CNC(=O)N1Cc1cc[c]cc1. The topological polar surface area (TPSA) is 49.4 Å². The maximum atomic E-state index is 11.2. The van der Waals surface area contributed by atoms with Gasteiger partial charge in [-0.2, -0.15) is 0 Å². The summed E-state index contributed by atoms with van der Waals surface area (Å²) in [5, 5.41) is 2.47. The van der Waals surface area contributed by atoms with E-state index >= 15 is 0 Å². The molecule has 0 atom stereocenters. The van der Waals surface area contributed by atoms with E-state index in [1.807, 2.05) is 12.1 Å². The van der Waals surface area contributed by atoms with Crippen molar-refractivity contribution in [3.05, 3.63) is 35.9 Å². The summed E-state index contributed by atoms with van der Waals surface area (Å²) in [6.45, 7) is 0.442. The van der Waals surface area contributed by atoms with Gasteiger partial charge in [-0.15, -0.1) is 0 Å². The lowest BCUT2D eigenvalue weighted by Gasteiger charge is -2.11. The number of carbonyl (C=O) groups excluding carboxylic acids is 2. The van der Waals surface area contributed by atoms with E-state index in [-0.39, 0.29) is 18.5 Å². The zero-order valence-electron chi connectivity index (χ0n) is 7.49. The molecule has 1 fully saturated rings. The fourth-order valence-electron chi connectivity index (χ4n) is 1.32. The molecule has 1 heterocycles. The molecule has 0 bridgehead atoms. The molecular weight excluding hydrogens is 180 g/mol. The molecule has 1 aromatic rings. The van der Waals surface area contributed by atoms with Gasteiger partial charge in [0.1, 0.15) is 0 Å². The summed E-state index contributed by atoms with van der Waals surface area (Å²) in [7, 11) is 0. The number of imide groups is 1. The largest absolute Gasteiger partial charge is 0.329 e. The normalized spacial score (nSPS) is 15.9. The van der Waals surface area contributed by atoms with Gasteiger partial charge >= 0.3 is 6.03 Å². The molecule has 0 saturated carbocycles. The van der Waals surface area contributed by atoms with Crippen LogP contribution < -0.4 is 5.32 Å². The Bertz CT molecular complexity index is 346. The molecular formula is C10H9N2O2. The van der Waals surface area contributed by atoms with Crippen molar-refractivity contribution in [2.75, 3.05) is 6.54 Å². The molecule has 1 aliphatic rings. The summed E-state index contributed by atoms with van der Waals surface area (Å²) >= 11 is 0. The summed E-state index contributed by atoms with van der Waals surface area (Å²) in [6, 6.07) is 9.74. The molecule has 0 spiro atoms. The Morgan fingerprint density at radius 2 is 2.07 bits per heavy atom. The lowest BCUT2D eigenvalue weighted by molar-refractivity contribution is -0.125. The van der Waals surface area contributed by atoms with Crippen molar-refractivity contribution in [3.8, 4) is 0 Å². The quantitative estimate of drug-likeness (QED) is 0.690. The van der Waals surface area contributed by atoms with Crippen LogP contribution in [0.4, 0.5) is 4.79 Å². The highest BCUT2D eigenvalue weighted by Gasteiger charge is 2.27. The van der Waals surface area contributed by atoms with E-state index in [0.717, 1.165) is 5.56 Å². The van der Waals surface area contributed by atoms with E-state index in [1.54, 1.807) is 12.1 Å². The predicted molar refractivity (Wildman–Crippen MR) is 49.2 cm³/mol. The molecule has 2 rings (SSSR count). The van der Waals surface area contributed by atoms with Gasteiger partial charge in [0.25, 0.3) is 0 Å². The summed E-state index contributed by atoms with van der Waals surface area (Å²) < 4.78 is 0. The van der Waals surface area contributed by atoms with E-state index in [0.29, 0.717) is 6.54 Å².